The molecule has 1 nitrogen and oxygen atoms in total. The molecule has 1 aromatic rings. The summed E-state index contributed by atoms with van der Waals surface area (Å²) in [6.07, 6.45) is 2.71. The van der Waals surface area contributed by atoms with Gasteiger partial charge in [-0.2, -0.15) is 0 Å². The molecule has 1 fully saturated rings. The molecule has 1 N–H and O–H groups in total. The molecule has 1 aliphatic rings. The topological polar surface area (TPSA) is 12.0 Å². The van der Waals surface area contributed by atoms with Crippen molar-refractivity contribution in [3.63, 3.8) is 0 Å². The summed E-state index contributed by atoms with van der Waals surface area (Å²) in [4.78, 5) is 0. The summed E-state index contributed by atoms with van der Waals surface area (Å²) in [5, 5.41) is 4.24. The monoisotopic (exact) mass is 273 g/mol. The third kappa shape index (κ3) is 2.23. The van der Waals surface area contributed by atoms with Gasteiger partial charge in [-0.25, -0.2) is 0 Å². The minimum Gasteiger partial charge on any atom is -0.381 e. The van der Waals surface area contributed by atoms with Gasteiger partial charge in [0.25, 0.3) is 0 Å². The van der Waals surface area contributed by atoms with Gasteiger partial charge in [-0.3, -0.25) is 0 Å². The molecule has 76 valence electrons. The van der Waals surface area contributed by atoms with E-state index in [9.17, 15) is 0 Å². The highest BCUT2D eigenvalue weighted by atomic mass is 79.9. The lowest BCUT2D eigenvalue weighted by Crippen LogP contribution is -2.17. The predicted molar refractivity (Wildman–Crippen MR) is 65.0 cm³/mol. The Balaban J connectivity index is 2.11. The fraction of sp³-hybridized carbons (Fsp3) is 0.455. The number of nitrogens with one attached hydrogen (secondary N) is 1. The summed E-state index contributed by atoms with van der Waals surface area (Å²) in [6, 6.07) is 6.45. The molecule has 0 aromatic heterocycles. The number of hydrogen-bond acceptors (Lipinski definition) is 1. The first kappa shape index (κ1) is 10.3. The van der Waals surface area contributed by atoms with Gasteiger partial charge in [0, 0.05) is 6.04 Å². The molecule has 0 amide bonds. The summed E-state index contributed by atoms with van der Waals surface area (Å²) in [6.45, 7) is 2.23. The van der Waals surface area contributed by atoms with Crippen molar-refractivity contribution >= 4 is 33.2 Å². The van der Waals surface area contributed by atoms with Crippen LogP contribution in [0.25, 0.3) is 0 Å². The lowest BCUT2D eigenvalue weighted by atomic mass is 10.2. The second-order valence-corrected chi connectivity index (χ2v) is 5.07. The van der Waals surface area contributed by atoms with Crippen molar-refractivity contribution in [2.75, 3.05) is 5.32 Å². The zero-order valence-corrected chi connectivity index (χ0v) is 10.4. The van der Waals surface area contributed by atoms with E-state index >= 15 is 0 Å². The zero-order chi connectivity index (χ0) is 10.1. The number of benzene rings is 1. The smallest absolute Gasteiger partial charge is 0.0593 e. The number of rotatable bonds is 3. The van der Waals surface area contributed by atoms with Crippen molar-refractivity contribution in [2.45, 2.75) is 25.8 Å². The third-order valence-electron chi connectivity index (χ3n) is 2.66. The third-order valence-corrected chi connectivity index (χ3v) is 4.06. The Bertz CT molecular complexity index is 336. The van der Waals surface area contributed by atoms with Gasteiger partial charge in [-0.05, 0) is 53.7 Å². The zero-order valence-electron chi connectivity index (χ0n) is 8.06. The SMILES string of the molecule is CC(Nc1cccc(Cl)c1Br)C1CC1. The van der Waals surface area contributed by atoms with Crippen molar-refractivity contribution < 1.29 is 0 Å². The maximum atomic E-state index is 6.01. The number of hydrogen-bond donors (Lipinski definition) is 1. The first-order valence-electron chi connectivity index (χ1n) is 4.89. The molecule has 2 rings (SSSR count). The van der Waals surface area contributed by atoms with E-state index in [4.69, 9.17) is 11.6 Å². The molecule has 0 bridgehead atoms. The van der Waals surface area contributed by atoms with Crippen LogP contribution in [-0.2, 0) is 0 Å². The Morgan fingerprint density at radius 3 is 2.86 bits per heavy atom. The van der Waals surface area contributed by atoms with E-state index in [0.29, 0.717) is 6.04 Å². The highest BCUT2D eigenvalue weighted by Gasteiger charge is 2.28. The Morgan fingerprint density at radius 1 is 1.50 bits per heavy atom. The molecule has 0 aliphatic heterocycles. The van der Waals surface area contributed by atoms with Gasteiger partial charge < -0.3 is 5.32 Å². The average Bonchev–Trinajstić information content (AvgIpc) is 2.95. The maximum absolute atomic E-state index is 6.01. The first-order chi connectivity index (χ1) is 6.68. The van der Waals surface area contributed by atoms with E-state index < -0.39 is 0 Å². The molecule has 3 heteroatoms. The molecule has 1 unspecified atom stereocenters. The summed E-state index contributed by atoms with van der Waals surface area (Å²) in [7, 11) is 0. The molecule has 1 atom stereocenters. The molecular weight excluding hydrogens is 261 g/mol. The maximum Gasteiger partial charge on any atom is 0.0593 e. The van der Waals surface area contributed by atoms with Crippen LogP contribution in [0.1, 0.15) is 19.8 Å². The van der Waals surface area contributed by atoms with E-state index in [2.05, 4.69) is 34.2 Å². The van der Waals surface area contributed by atoms with E-state index in [-0.39, 0.29) is 0 Å². The van der Waals surface area contributed by atoms with Crippen LogP contribution in [0, 0.1) is 5.92 Å². The Morgan fingerprint density at radius 2 is 2.21 bits per heavy atom. The van der Waals surface area contributed by atoms with Crippen LogP contribution in [0.4, 0.5) is 5.69 Å². The minimum atomic E-state index is 0.546. The normalized spacial score (nSPS) is 17.9. The second-order valence-electron chi connectivity index (χ2n) is 3.87. The summed E-state index contributed by atoms with van der Waals surface area (Å²) in [5.41, 5.74) is 1.09. The van der Waals surface area contributed by atoms with Crippen LogP contribution in [0.5, 0.6) is 0 Å². The molecule has 1 aromatic carbocycles. The summed E-state index contributed by atoms with van der Waals surface area (Å²) < 4.78 is 0.967. The lowest BCUT2D eigenvalue weighted by molar-refractivity contribution is 0.694. The van der Waals surface area contributed by atoms with Gasteiger partial charge in [0.15, 0.2) is 0 Å². The van der Waals surface area contributed by atoms with E-state index in [1.165, 1.54) is 12.8 Å². The quantitative estimate of drug-likeness (QED) is 0.866. The fourth-order valence-electron chi connectivity index (χ4n) is 1.57. The molecular formula is C11H13BrClN. The van der Waals surface area contributed by atoms with E-state index in [0.717, 1.165) is 21.1 Å². The summed E-state index contributed by atoms with van der Waals surface area (Å²) in [5.74, 6) is 0.848. The van der Waals surface area contributed by atoms with Gasteiger partial charge >= 0.3 is 0 Å². The van der Waals surface area contributed by atoms with Crippen molar-refractivity contribution in [3.8, 4) is 0 Å². The molecule has 0 saturated heterocycles. The largest absolute Gasteiger partial charge is 0.381 e. The van der Waals surface area contributed by atoms with Gasteiger partial charge in [0.05, 0.1) is 15.2 Å². The van der Waals surface area contributed by atoms with E-state index in [1.807, 2.05) is 12.1 Å². The van der Waals surface area contributed by atoms with Crippen molar-refractivity contribution in [3.05, 3.63) is 27.7 Å². The highest BCUT2D eigenvalue weighted by Crippen LogP contribution is 2.36. The fourth-order valence-corrected chi connectivity index (χ4v) is 2.13. The molecule has 0 radical (unpaired) electrons. The van der Waals surface area contributed by atoms with Gasteiger partial charge in [0.2, 0.25) is 0 Å². The standard InChI is InChI=1S/C11H13BrClN/c1-7(8-5-6-8)14-10-4-2-3-9(13)11(10)12/h2-4,7-8,14H,5-6H2,1H3. The van der Waals surface area contributed by atoms with Crippen LogP contribution in [0.15, 0.2) is 22.7 Å². The number of anilines is 1. The van der Waals surface area contributed by atoms with Crippen molar-refractivity contribution in [2.24, 2.45) is 5.92 Å². The average molecular weight is 275 g/mol. The van der Waals surface area contributed by atoms with E-state index in [1.54, 1.807) is 0 Å². The Labute approximate surface area is 98.0 Å². The number of halogens is 2. The van der Waals surface area contributed by atoms with Crippen molar-refractivity contribution in [1.82, 2.24) is 0 Å². The minimum absolute atomic E-state index is 0.546. The molecule has 0 heterocycles. The van der Waals surface area contributed by atoms with Crippen LogP contribution >= 0.6 is 27.5 Å². The van der Waals surface area contributed by atoms with Gasteiger partial charge in [-0.15, -0.1) is 0 Å². The lowest BCUT2D eigenvalue weighted by Gasteiger charge is -2.16. The molecule has 1 aliphatic carbocycles. The molecule has 0 spiro atoms. The second kappa shape index (κ2) is 4.11. The van der Waals surface area contributed by atoms with Crippen LogP contribution in [0.3, 0.4) is 0 Å². The van der Waals surface area contributed by atoms with Gasteiger partial charge in [-0.1, -0.05) is 17.7 Å². The highest BCUT2D eigenvalue weighted by molar-refractivity contribution is 9.10. The molecule has 14 heavy (non-hydrogen) atoms. The van der Waals surface area contributed by atoms with Crippen LogP contribution in [-0.4, -0.2) is 6.04 Å². The van der Waals surface area contributed by atoms with Crippen LogP contribution < -0.4 is 5.32 Å². The van der Waals surface area contributed by atoms with Crippen molar-refractivity contribution in [1.29, 1.82) is 0 Å². The molecule has 1 saturated carbocycles. The predicted octanol–water partition coefficient (Wildman–Crippen LogP) is 4.31. The Hall–Kier alpha value is -0.210. The van der Waals surface area contributed by atoms with Crippen LogP contribution in [0.2, 0.25) is 5.02 Å². The summed E-state index contributed by atoms with van der Waals surface area (Å²) >= 11 is 9.49. The Kier molecular flexibility index (Phi) is 3.03. The van der Waals surface area contributed by atoms with Gasteiger partial charge in [0.1, 0.15) is 0 Å². The first-order valence-corrected chi connectivity index (χ1v) is 6.06.